The highest BCUT2D eigenvalue weighted by Crippen LogP contribution is 2.56. The molecule has 0 bridgehead atoms. The maximum Gasteiger partial charge on any atom is 0.159 e. The fourth-order valence-electron chi connectivity index (χ4n) is 17.1. The fourth-order valence-corrected chi connectivity index (χ4v) is 17.1. The molecule has 2 aliphatic rings. The first-order valence-corrected chi connectivity index (χ1v) is 34.1. The van der Waals surface area contributed by atoms with Gasteiger partial charge in [-0.05, 0) is 212 Å². The molecule has 2 aliphatic carbocycles. The van der Waals surface area contributed by atoms with E-state index >= 15 is 0 Å². The van der Waals surface area contributed by atoms with Gasteiger partial charge in [0.15, 0.2) is 11.2 Å². The number of furan rings is 2. The Balaban J connectivity index is 0.688. The van der Waals surface area contributed by atoms with Crippen LogP contribution in [0.5, 0.6) is 0 Å². The van der Waals surface area contributed by atoms with Gasteiger partial charge in [-0.15, -0.1) is 0 Å². The van der Waals surface area contributed by atoms with Crippen LogP contribution in [0.2, 0.25) is 0 Å². The summed E-state index contributed by atoms with van der Waals surface area (Å²) in [6.45, 7) is 9.61. The minimum atomic E-state index is -0.319. The van der Waals surface area contributed by atoms with Crippen LogP contribution in [0.1, 0.15) is 49.9 Å². The molecule has 0 unspecified atom stereocenters. The van der Waals surface area contributed by atoms with Gasteiger partial charge in [-0.25, -0.2) is 0 Å². The van der Waals surface area contributed by atoms with E-state index < -0.39 is 0 Å². The Hall–Kier alpha value is -12.2. The predicted molar refractivity (Wildman–Crippen MR) is 412 cm³/mol. The van der Waals surface area contributed by atoms with Gasteiger partial charge in [-0.3, -0.25) is 0 Å². The van der Waals surface area contributed by atoms with E-state index in [1.807, 2.05) is 6.07 Å². The minimum absolute atomic E-state index is 0.188. The standard InChI is InChI=1S/C94H64N2O2/c1-93(2)82-54-64-50-67(43-39-61(64)52-80(82)76-46-41-59-25-11-12-29-71(59)89(76)93)95(66-27-17-26-60(49-66)57-21-7-5-8-22-57)85-36-19-34-79-74-45-42-63(56-88(74)98-91(79)85)69-31-18-32-75-72(69)47-48-77-81-53-62-40-44-68(51-65(62)55-83(81)94(3,4)90(75)77)96(84-35-15-13-28-70(84)58-23-9-6-10-24-58)86-37-20-33-78-73-30-14-16-38-87(73)97-92(78)86/h5-56H,1-4H3. The molecule has 98 heavy (non-hydrogen) atoms. The molecule has 0 aliphatic heterocycles. The van der Waals surface area contributed by atoms with E-state index in [0.29, 0.717) is 0 Å². The molecule has 18 aromatic rings. The zero-order valence-corrected chi connectivity index (χ0v) is 54.7. The van der Waals surface area contributed by atoms with Crippen LogP contribution >= 0.6 is 0 Å². The van der Waals surface area contributed by atoms with E-state index in [2.05, 4.69) is 347 Å². The van der Waals surface area contributed by atoms with Crippen molar-refractivity contribution in [2.45, 2.75) is 38.5 Å². The lowest BCUT2D eigenvalue weighted by atomic mass is 9.79. The van der Waals surface area contributed by atoms with E-state index in [-0.39, 0.29) is 10.8 Å². The second-order valence-corrected chi connectivity index (χ2v) is 27.9. The van der Waals surface area contributed by atoms with Crippen LogP contribution in [0.25, 0.3) is 143 Å². The number of hydrogen-bond donors (Lipinski definition) is 0. The van der Waals surface area contributed by atoms with Crippen molar-refractivity contribution in [1.82, 2.24) is 0 Å². The van der Waals surface area contributed by atoms with Crippen LogP contribution in [0.3, 0.4) is 0 Å². The maximum atomic E-state index is 7.31. The minimum Gasteiger partial charge on any atom is -0.454 e. The maximum absolute atomic E-state index is 7.31. The number of para-hydroxylation sites is 4. The highest BCUT2D eigenvalue weighted by atomic mass is 16.3. The molecule has 0 N–H and O–H groups in total. The first kappa shape index (κ1) is 56.1. The molecule has 4 heteroatoms. The zero-order chi connectivity index (χ0) is 65.1. The molecule has 0 fully saturated rings. The van der Waals surface area contributed by atoms with Crippen LogP contribution in [0.15, 0.2) is 324 Å². The van der Waals surface area contributed by atoms with E-state index in [9.17, 15) is 0 Å². The van der Waals surface area contributed by atoms with Crippen molar-refractivity contribution in [1.29, 1.82) is 0 Å². The Labute approximate surface area is 568 Å². The number of anilines is 6. The summed E-state index contributed by atoms with van der Waals surface area (Å²) in [7, 11) is 0. The van der Waals surface area contributed by atoms with Gasteiger partial charge in [-0.1, -0.05) is 246 Å². The molecule has 462 valence electrons. The van der Waals surface area contributed by atoms with Crippen LogP contribution in [-0.2, 0) is 10.8 Å². The Bertz CT molecular complexity index is 6390. The summed E-state index contributed by atoms with van der Waals surface area (Å²) in [6, 6.07) is 116. The summed E-state index contributed by atoms with van der Waals surface area (Å²) in [6.07, 6.45) is 0. The van der Waals surface area contributed by atoms with Gasteiger partial charge in [0, 0.05) is 55.0 Å². The summed E-state index contributed by atoms with van der Waals surface area (Å²) in [5.74, 6) is 0. The first-order chi connectivity index (χ1) is 48.1. The number of fused-ring (bicyclic) bond motifs is 18. The van der Waals surface area contributed by atoms with Gasteiger partial charge in [0.1, 0.15) is 11.2 Å². The molecule has 2 aromatic heterocycles. The summed E-state index contributed by atoms with van der Waals surface area (Å²) >= 11 is 0. The molecule has 0 radical (unpaired) electrons. The number of hydrogen-bond acceptors (Lipinski definition) is 4. The third-order valence-electron chi connectivity index (χ3n) is 21.7. The molecule has 0 saturated carbocycles. The quantitative estimate of drug-likeness (QED) is 0.144. The molecule has 2 heterocycles. The molecule has 0 saturated heterocycles. The van der Waals surface area contributed by atoms with E-state index in [1.165, 1.54) is 98.7 Å². The molecule has 0 amide bonds. The van der Waals surface area contributed by atoms with Crippen LogP contribution in [-0.4, -0.2) is 0 Å². The van der Waals surface area contributed by atoms with Gasteiger partial charge in [0.05, 0.1) is 17.1 Å². The SMILES string of the molecule is CC1(C)c2cc3cc(N(c4cccc(-c5ccccc5)c4)c4cccc5c4oc4cc(-c6cccc7c8c(ccc67)-c6cc7ccc(N(c9ccccc9-c9ccccc9)c9cccc%10c9oc9ccccc9%10)cc7cc6C8(C)C)ccc45)ccc3cc2-c2ccc3ccccc3c21. The fraction of sp³-hybridized carbons (Fsp3) is 0.0638. The second-order valence-electron chi connectivity index (χ2n) is 27.9. The molecule has 16 aromatic carbocycles. The van der Waals surface area contributed by atoms with Gasteiger partial charge in [0.25, 0.3) is 0 Å². The van der Waals surface area contributed by atoms with Crippen LogP contribution in [0, 0.1) is 0 Å². The van der Waals surface area contributed by atoms with Crippen molar-refractivity contribution in [3.63, 3.8) is 0 Å². The van der Waals surface area contributed by atoms with E-state index in [4.69, 9.17) is 8.83 Å². The lowest BCUT2D eigenvalue weighted by molar-refractivity contribution is 0.667. The zero-order valence-electron chi connectivity index (χ0n) is 54.7. The lowest BCUT2D eigenvalue weighted by Crippen LogP contribution is -2.15. The third-order valence-corrected chi connectivity index (χ3v) is 21.7. The van der Waals surface area contributed by atoms with Crippen molar-refractivity contribution in [3.8, 4) is 55.6 Å². The smallest absolute Gasteiger partial charge is 0.159 e. The molecule has 0 atom stereocenters. The average molecular weight is 1250 g/mol. The van der Waals surface area contributed by atoms with Crippen LogP contribution < -0.4 is 9.80 Å². The highest BCUT2D eigenvalue weighted by Gasteiger charge is 2.39. The van der Waals surface area contributed by atoms with Crippen molar-refractivity contribution < 1.29 is 8.83 Å². The normalized spacial score (nSPS) is 13.5. The Morgan fingerprint density at radius 1 is 0.235 bits per heavy atom. The largest absolute Gasteiger partial charge is 0.454 e. The van der Waals surface area contributed by atoms with E-state index in [1.54, 1.807) is 0 Å². The third kappa shape index (κ3) is 8.37. The van der Waals surface area contributed by atoms with Crippen molar-refractivity contribution in [2.24, 2.45) is 0 Å². The Morgan fingerprint density at radius 3 is 1.45 bits per heavy atom. The second kappa shape index (κ2) is 21.1. The Morgan fingerprint density at radius 2 is 0.724 bits per heavy atom. The summed E-state index contributed by atoms with van der Waals surface area (Å²) in [4.78, 5) is 4.80. The number of rotatable bonds is 9. The monoisotopic (exact) mass is 1250 g/mol. The molecule has 4 nitrogen and oxygen atoms in total. The summed E-state index contributed by atoms with van der Waals surface area (Å²) in [5, 5.41) is 14.2. The van der Waals surface area contributed by atoms with Gasteiger partial charge in [0.2, 0.25) is 0 Å². The summed E-state index contributed by atoms with van der Waals surface area (Å²) in [5.41, 5.74) is 26.6. The Kier molecular flexibility index (Phi) is 12.1. The first-order valence-electron chi connectivity index (χ1n) is 34.1. The van der Waals surface area contributed by atoms with Crippen LogP contribution in [0.4, 0.5) is 34.1 Å². The van der Waals surface area contributed by atoms with Crippen molar-refractivity contribution >= 4 is 121 Å². The molecule has 20 rings (SSSR count). The number of nitrogens with zero attached hydrogens (tertiary/aromatic N) is 2. The average Bonchev–Trinajstić information content (AvgIpc) is 1.55. The lowest BCUT2D eigenvalue weighted by Gasteiger charge is -2.28. The topological polar surface area (TPSA) is 32.8 Å². The summed E-state index contributed by atoms with van der Waals surface area (Å²) < 4.78 is 14.1. The van der Waals surface area contributed by atoms with E-state index in [0.717, 1.165) is 100 Å². The molecular weight excluding hydrogens is 1190 g/mol. The van der Waals surface area contributed by atoms with Gasteiger partial charge < -0.3 is 18.6 Å². The van der Waals surface area contributed by atoms with Gasteiger partial charge in [-0.2, -0.15) is 0 Å². The van der Waals surface area contributed by atoms with Crippen molar-refractivity contribution in [2.75, 3.05) is 9.80 Å². The highest BCUT2D eigenvalue weighted by molar-refractivity contribution is 6.15. The van der Waals surface area contributed by atoms with Crippen molar-refractivity contribution in [3.05, 3.63) is 338 Å². The van der Waals surface area contributed by atoms with Gasteiger partial charge >= 0.3 is 0 Å². The number of benzene rings is 16. The molecule has 0 spiro atoms. The predicted octanol–water partition coefficient (Wildman–Crippen LogP) is 26.7. The molecular formula is C94H64N2O2.